The first-order valence-electron chi connectivity index (χ1n) is 8.66. The molecule has 0 unspecified atom stereocenters. The zero-order chi connectivity index (χ0) is 19.4. The summed E-state index contributed by atoms with van der Waals surface area (Å²) < 4.78 is 22.0. The van der Waals surface area contributed by atoms with Crippen LogP contribution >= 0.6 is 0 Å². The fourth-order valence-corrected chi connectivity index (χ4v) is 2.39. The molecule has 3 aromatic rings. The van der Waals surface area contributed by atoms with Gasteiger partial charge >= 0.3 is 5.97 Å². The monoisotopic (exact) mass is 368 g/mol. The van der Waals surface area contributed by atoms with Gasteiger partial charge in [0, 0.05) is 6.07 Å². The van der Waals surface area contributed by atoms with Gasteiger partial charge in [0.15, 0.2) is 11.5 Å². The molecule has 0 aliphatic rings. The van der Waals surface area contributed by atoms with Crippen molar-refractivity contribution in [2.75, 3.05) is 6.61 Å². The Hall–Kier alpha value is -3.28. The van der Waals surface area contributed by atoms with Crippen LogP contribution in [0.1, 0.15) is 20.8 Å². The molecule has 0 saturated heterocycles. The first-order valence-corrected chi connectivity index (χ1v) is 8.66. The molecule has 0 aliphatic carbocycles. The third-order valence-corrected chi connectivity index (χ3v) is 3.77. The minimum atomic E-state index is -0.357. The molecule has 0 N–H and O–H groups in total. The Morgan fingerprint density at radius 2 is 1.81 bits per heavy atom. The third kappa shape index (κ3) is 4.11. The van der Waals surface area contributed by atoms with E-state index in [4.69, 9.17) is 18.6 Å². The van der Waals surface area contributed by atoms with E-state index in [0.29, 0.717) is 34.8 Å². The molecule has 0 aliphatic heterocycles. The van der Waals surface area contributed by atoms with Crippen molar-refractivity contribution in [1.82, 2.24) is 0 Å². The Labute approximate surface area is 156 Å². The molecule has 6 heteroatoms. The summed E-state index contributed by atoms with van der Waals surface area (Å²) in [5, 5.41) is 0.325. The van der Waals surface area contributed by atoms with Gasteiger partial charge in [0.25, 0.3) is 0 Å². The van der Waals surface area contributed by atoms with Crippen molar-refractivity contribution < 1.29 is 23.4 Å². The highest BCUT2D eigenvalue weighted by Crippen LogP contribution is 2.31. The second kappa shape index (κ2) is 7.95. The molecule has 0 spiro atoms. The van der Waals surface area contributed by atoms with Crippen LogP contribution in [-0.4, -0.2) is 12.6 Å². The summed E-state index contributed by atoms with van der Waals surface area (Å²) in [4.78, 5) is 24.4. The highest BCUT2D eigenvalue weighted by atomic mass is 16.5. The molecular formula is C21H20O6. The van der Waals surface area contributed by atoms with Crippen molar-refractivity contribution in [3.63, 3.8) is 0 Å². The van der Waals surface area contributed by atoms with Crippen LogP contribution in [0.15, 0.2) is 57.9 Å². The average molecular weight is 368 g/mol. The van der Waals surface area contributed by atoms with Gasteiger partial charge in [0.1, 0.15) is 17.6 Å². The van der Waals surface area contributed by atoms with E-state index in [1.807, 2.05) is 13.0 Å². The number of carbonyl (C=O) groups is 1. The number of hydrogen-bond donors (Lipinski definition) is 0. The van der Waals surface area contributed by atoms with Crippen LogP contribution in [0.25, 0.3) is 11.0 Å². The average Bonchev–Trinajstić information content (AvgIpc) is 2.65. The van der Waals surface area contributed by atoms with Crippen molar-refractivity contribution in [1.29, 1.82) is 0 Å². The van der Waals surface area contributed by atoms with Gasteiger partial charge in [-0.2, -0.15) is 0 Å². The molecule has 0 bridgehead atoms. The fourth-order valence-electron chi connectivity index (χ4n) is 2.39. The van der Waals surface area contributed by atoms with Gasteiger partial charge < -0.3 is 18.6 Å². The van der Waals surface area contributed by atoms with E-state index in [1.165, 1.54) is 12.3 Å². The van der Waals surface area contributed by atoms with Crippen LogP contribution in [0, 0.1) is 5.92 Å². The first-order chi connectivity index (χ1) is 13.0. The van der Waals surface area contributed by atoms with Crippen LogP contribution in [0.2, 0.25) is 0 Å². The maximum absolute atomic E-state index is 12.7. The zero-order valence-corrected chi connectivity index (χ0v) is 15.4. The van der Waals surface area contributed by atoms with E-state index in [9.17, 15) is 9.59 Å². The lowest BCUT2D eigenvalue weighted by molar-refractivity contribution is -0.137. The standard InChI is InChI=1S/C21H20O6/c1-4-24-16-7-5-6-8-17(16)27-19-12-25-18-11-14(26-21(23)13(2)3)9-10-15(18)20(19)22/h5-13H,4H2,1-3H3. The number of fused-ring (bicyclic) bond motifs is 1. The predicted octanol–water partition coefficient (Wildman–Crippen LogP) is 4.55. The summed E-state index contributed by atoms with van der Waals surface area (Å²) in [7, 11) is 0. The van der Waals surface area contributed by atoms with Crippen LogP contribution in [0.3, 0.4) is 0 Å². The van der Waals surface area contributed by atoms with Gasteiger partial charge in [0.05, 0.1) is 17.9 Å². The van der Waals surface area contributed by atoms with Crippen LogP contribution in [0.4, 0.5) is 0 Å². The molecule has 0 radical (unpaired) electrons. The number of benzene rings is 2. The number of carbonyl (C=O) groups excluding carboxylic acids is 1. The number of rotatable bonds is 6. The highest BCUT2D eigenvalue weighted by molar-refractivity contribution is 5.81. The molecule has 0 atom stereocenters. The van der Waals surface area contributed by atoms with Gasteiger partial charge in [-0.3, -0.25) is 9.59 Å². The van der Waals surface area contributed by atoms with E-state index in [0.717, 1.165) is 0 Å². The molecule has 6 nitrogen and oxygen atoms in total. The molecule has 140 valence electrons. The Morgan fingerprint density at radius 1 is 1.07 bits per heavy atom. The van der Waals surface area contributed by atoms with E-state index in [2.05, 4.69) is 0 Å². The molecule has 1 aromatic heterocycles. The Balaban J connectivity index is 1.92. The van der Waals surface area contributed by atoms with Gasteiger partial charge in [-0.15, -0.1) is 0 Å². The topological polar surface area (TPSA) is 75.0 Å². The number of esters is 1. The highest BCUT2D eigenvalue weighted by Gasteiger charge is 2.14. The first kappa shape index (κ1) is 18.5. The van der Waals surface area contributed by atoms with Gasteiger partial charge in [-0.25, -0.2) is 0 Å². The molecular weight excluding hydrogens is 348 g/mol. The minimum Gasteiger partial charge on any atom is -0.490 e. The molecule has 0 amide bonds. The lowest BCUT2D eigenvalue weighted by atomic mass is 10.2. The fraction of sp³-hybridized carbons (Fsp3) is 0.238. The maximum Gasteiger partial charge on any atom is 0.313 e. The normalized spacial score (nSPS) is 10.8. The molecule has 2 aromatic carbocycles. The molecule has 3 rings (SSSR count). The quantitative estimate of drug-likeness (QED) is 0.469. The molecule has 0 saturated carbocycles. The predicted molar refractivity (Wildman–Crippen MR) is 101 cm³/mol. The van der Waals surface area contributed by atoms with E-state index in [-0.39, 0.29) is 23.1 Å². The number of hydrogen-bond acceptors (Lipinski definition) is 6. The van der Waals surface area contributed by atoms with Crippen molar-refractivity contribution in [2.45, 2.75) is 20.8 Å². The molecule has 27 heavy (non-hydrogen) atoms. The van der Waals surface area contributed by atoms with Gasteiger partial charge in [0.2, 0.25) is 11.2 Å². The summed E-state index contributed by atoms with van der Waals surface area (Å²) in [6.07, 6.45) is 1.24. The largest absolute Gasteiger partial charge is 0.490 e. The lowest BCUT2D eigenvalue weighted by Gasteiger charge is -2.11. The summed E-state index contributed by atoms with van der Waals surface area (Å²) >= 11 is 0. The van der Waals surface area contributed by atoms with Crippen molar-refractivity contribution in [3.05, 3.63) is 59.0 Å². The summed E-state index contributed by atoms with van der Waals surface area (Å²) in [5.74, 6) is 0.711. The van der Waals surface area contributed by atoms with Gasteiger partial charge in [-0.1, -0.05) is 26.0 Å². The Bertz CT molecular complexity index is 1020. The minimum absolute atomic E-state index is 0.0431. The van der Waals surface area contributed by atoms with Crippen LogP contribution in [-0.2, 0) is 4.79 Å². The Morgan fingerprint density at radius 3 is 2.52 bits per heavy atom. The second-order valence-corrected chi connectivity index (χ2v) is 6.14. The van der Waals surface area contributed by atoms with E-state index >= 15 is 0 Å². The lowest BCUT2D eigenvalue weighted by Crippen LogP contribution is -2.14. The van der Waals surface area contributed by atoms with Crippen molar-refractivity contribution in [2.24, 2.45) is 5.92 Å². The van der Waals surface area contributed by atoms with Crippen molar-refractivity contribution >= 4 is 16.9 Å². The van der Waals surface area contributed by atoms with E-state index in [1.54, 1.807) is 44.2 Å². The smallest absolute Gasteiger partial charge is 0.313 e. The van der Waals surface area contributed by atoms with Crippen molar-refractivity contribution in [3.8, 4) is 23.0 Å². The van der Waals surface area contributed by atoms with Gasteiger partial charge in [-0.05, 0) is 31.2 Å². The maximum atomic E-state index is 12.7. The summed E-state index contributed by atoms with van der Waals surface area (Å²) in [6, 6.07) is 11.7. The second-order valence-electron chi connectivity index (χ2n) is 6.14. The Kier molecular flexibility index (Phi) is 5.45. The number of ether oxygens (including phenoxy) is 3. The summed E-state index contributed by atoms with van der Waals surface area (Å²) in [5.41, 5.74) is -0.0243. The molecule has 0 fully saturated rings. The number of para-hydroxylation sites is 2. The van der Waals surface area contributed by atoms with E-state index < -0.39 is 0 Å². The zero-order valence-electron chi connectivity index (χ0n) is 15.4. The molecule has 1 heterocycles. The van der Waals surface area contributed by atoms with Crippen LogP contribution in [0.5, 0.6) is 23.0 Å². The van der Waals surface area contributed by atoms with Crippen LogP contribution < -0.4 is 19.6 Å². The summed E-state index contributed by atoms with van der Waals surface area (Å²) in [6.45, 7) is 5.83. The third-order valence-electron chi connectivity index (χ3n) is 3.77. The SMILES string of the molecule is CCOc1ccccc1Oc1coc2cc(OC(=O)C(C)C)ccc2c1=O.